The predicted octanol–water partition coefficient (Wildman–Crippen LogP) is 3.63. The first-order valence-corrected chi connectivity index (χ1v) is 9.20. The van der Waals surface area contributed by atoms with Crippen LogP contribution < -0.4 is 10.1 Å². The molecule has 1 aliphatic carbocycles. The maximum absolute atomic E-state index is 10.0. The lowest BCUT2D eigenvalue weighted by molar-refractivity contribution is 0.106. The number of nitrogens with one attached hydrogen (secondary N) is 1. The molecule has 0 spiro atoms. The molecule has 1 atom stereocenters. The molecule has 3 rings (SSSR count). The third-order valence-electron chi connectivity index (χ3n) is 4.29. The number of rotatable bonds is 8. The molecule has 1 aromatic carbocycles. The van der Waals surface area contributed by atoms with Gasteiger partial charge in [0.2, 0.25) is 0 Å². The molecule has 1 aliphatic rings. The summed E-state index contributed by atoms with van der Waals surface area (Å²) in [5, 5.41) is 17.5. The molecule has 26 heavy (non-hydrogen) atoms. The van der Waals surface area contributed by atoms with Crippen LogP contribution in [0.4, 0.5) is 0 Å². The van der Waals surface area contributed by atoms with Crippen molar-refractivity contribution in [2.75, 3.05) is 13.2 Å². The van der Waals surface area contributed by atoms with Crippen LogP contribution in [0.5, 0.6) is 5.75 Å². The number of aliphatic hydroxyl groups is 1. The molecular formula is C21H28N2O3. The molecule has 0 saturated heterocycles. The van der Waals surface area contributed by atoms with Crippen LogP contribution in [0.1, 0.15) is 50.6 Å². The Balaban J connectivity index is 1.60. The Kier molecular flexibility index (Phi) is 5.79. The molecule has 5 heteroatoms. The third-order valence-corrected chi connectivity index (χ3v) is 4.29. The molecule has 0 radical (unpaired) electrons. The molecule has 1 fully saturated rings. The lowest BCUT2D eigenvalue weighted by Crippen LogP contribution is -2.32. The lowest BCUT2D eigenvalue weighted by atomic mass is 9.92. The van der Waals surface area contributed by atoms with E-state index in [4.69, 9.17) is 9.26 Å². The van der Waals surface area contributed by atoms with E-state index in [0.29, 0.717) is 18.3 Å². The summed E-state index contributed by atoms with van der Waals surface area (Å²) >= 11 is 0. The number of para-hydroxylation sites is 1. The zero-order chi connectivity index (χ0) is 18.6. The van der Waals surface area contributed by atoms with Crippen molar-refractivity contribution in [3.05, 3.63) is 47.3 Å². The van der Waals surface area contributed by atoms with Gasteiger partial charge >= 0.3 is 0 Å². The van der Waals surface area contributed by atoms with Crippen molar-refractivity contribution in [2.24, 2.45) is 0 Å². The van der Waals surface area contributed by atoms with Gasteiger partial charge in [-0.3, -0.25) is 0 Å². The maximum Gasteiger partial charge on any atom is 0.159 e. The van der Waals surface area contributed by atoms with Gasteiger partial charge in [-0.1, -0.05) is 44.1 Å². The Bertz CT molecular complexity index is 742. The largest absolute Gasteiger partial charge is 0.490 e. The Hall–Kier alpha value is -2.11. The van der Waals surface area contributed by atoms with Gasteiger partial charge in [0.25, 0.3) is 0 Å². The first-order valence-electron chi connectivity index (χ1n) is 9.20. The minimum Gasteiger partial charge on any atom is -0.490 e. The van der Waals surface area contributed by atoms with Crippen molar-refractivity contribution in [2.45, 2.75) is 51.2 Å². The standard InChI is InChI=1S/C21H28N2O3/c1-21(2,3)20-12-18(26-23-20)11-8-15-6-4-5-7-19(15)25-14-17(24)13-22-16-9-10-16/h4-8,11-12,16-17,22,24H,9-10,13-14H2,1-3H3/b11-8+. The summed E-state index contributed by atoms with van der Waals surface area (Å²) in [5.41, 5.74) is 1.82. The van der Waals surface area contributed by atoms with Gasteiger partial charge in [-0.2, -0.15) is 0 Å². The fourth-order valence-corrected chi connectivity index (χ4v) is 2.48. The number of hydrogen-bond donors (Lipinski definition) is 2. The first kappa shape index (κ1) is 18.7. The second-order valence-corrected chi connectivity index (χ2v) is 7.88. The highest BCUT2D eigenvalue weighted by Gasteiger charge is 2.21. The van der Waals surface area contributed by atoms with Crippen molar-refractivity contribution in [3.8, 4) is 5.75 Å². The Labute approximate surface area is 155 Å². The van der Waals surface area contributed by atoms with Crippen LogP contribution >= 0.6 is 0 Å². The van der Waals surface area contributed by atoms with Crippen LogP contribution in [0.2, 0.25) is 0 Å². The van der Waals surface area contributed by atoms with Crippen LogP contribution in [0, 0.1) is 0 Å². The number of aliphatic hydroxyl groups excluding tert-OH is 1. The predicted molar refractivity (Wildman–Crippen MR) is 103 cm³/mol. The smallest absolute Gasteiger partial charge is 0.159 e. The zero-order valence-corrected chi connectivity index (χ0v) is 15.7. The van der Waals surface area contributed by atoms with E-state index in [1.807, 2.05) is 42.5 Å². The molecule has 0 bridgehead atoms. The summed E-state index contributed by atoms with van der Waals surface area (Å²) in [6, 6.07) is 10.3. The number of hydrogen-bond acceptors (Lipinski definition) is 5. The molecule has 1 heterocycles. The summed E-state index contributed by atoms with van der Waals surface area (Å²) in [6.07, 6.45) is 5.72. The summed E-state index contributed by atoms with van der Waals surface area (Å²) in [7, 11) is 0. The van der Waals surface area contributed by atoms with Crippen molar-refractivity contribution in [3.63, 3.8) is 0 Å². The van der Waals surface area contributed by atoms with Gasteiger partial charge in [0.05, 0.1) is 5.69 Å². The maximum atomic E-state index is 10.0. The first-order chi connectivity index (χ1) is 12.4. The van der Waals surface area contributed by atoms with Crippen LogP contribution in [0.25, 0.3) is 12.2 Å². The van der Waals surface area contributed by atoms with Gasteiger partial charge in [0.1, 0.15) is 18.5 Å². The summed E-state index contributed by atoms with van der Waals surface area (Å²) < 4.78 is 11.2. The average Bonchev–Trinajstić information content (AvgIpc) is 3.31. The molecule has 1 aromatic heterocycles. The molecule has 1 unspecified atom stereocenters. The van der Waals surface area contributed by atoms with Gasteiger partial charge < -0.3 is 19.7 Å². The summed E-state index contributed by atoms with van der Waals surface area (Å²) in [5.74, 6) is 1.45. The van der Waals surface area contributed by atoms with E-state index in [9.17, 15) is 5.11 Å². The SMILES string of the molecule is CC(C)(C)c1cc(/C=C/c2ccccc2OCC(O)CNC2CC2)on1. The Morgan fingerprint density at radius 1 is 1.31 bits per heavy atom. The van der Waals surface area contributed by atoms with Crippen molar-refractivity contribution >= 4 is 12.2 Å². The van der Waals surface area contributed by atoms with E-state index in [1.165, 1.54) is 12.8 Å². The van der Waals surface area contributed by atoms with Gasteiger partial charge in [-0.15, -0.1) is 0 Å². The fraction of sp³-hybridized carbons (Fsp3) is 0.476. The van der Waals surface area contributed by atoms with Crippen molar-refractivity contribution in [1.82, 2.24) is 10.5 Å². The normalized spacial score (nSPS) is 16.2. The molecule has 5 nitrogen and oxygen atoms in total. The quantitative estimate of drug-likeness (QED) is 0.756. The molecule has 2 aromatic rings. The molecule has 0 amide bonds. The average molecular weight is 356 g/mol. The highest BCUT2D eigenvalue weighted by Crippen LogP contribution is 2.24. The van der Waals surface area contributed by atoms with Crippen LogP contribution in [0.3, 0.4) is 0 Å². The molecule has 0 aliphatic heterocycles. The van der Waals surface area contributed by atoms with Gasteiger partial charge in [-0.05, 0) is 31.1 Å². The second kappa shape index (κ2) is 8.06. The van der Waals surface area contributed by atoms with E-state index >= 15 is 0 Å². The monoisotopic (exact) mass is 356 g/mol. The minimum absolute atomic E-state index is 0.0404. The van der Waals surface area contributed by atoms with Crippen LogP contribution in [0.15, 0.2) is 34.9 Å². The molecular weight excluding hydrogens is 328 g/mol. The highest BCUT2D eigenvalue weighted by atomic mass is 16.5. The van der Waals surface area contributed by atoms with Gasteiger partial charge in [0.15, 0.2) is 5.76 Å². The third kappa shape index (κ3) is 5.44. The van der Waals surface area contributed by atoms with E-state index in [2.05, 4.69) is 31.2 Å². The topological polar surface area (TPSA) is 67.5 Å². The van der Waals surface area contributed by atoms with E-state index in [1.54, 1.807) is 0 Å². The summed E-state index contributed by atoms with van der Waals surface area (Å²) in [4.78, 5) is 0. The second-order valence-electron chi connectivity index (χ2n) is 7.88. The zero-order valence-electron chi connectivity index (χ0n) is 15.7. The van der Waals surface area contributed by atoms with Crippen molar-refractivity contribution < 1.29 is 14.4 Å². The molecule has 1 saturated carbocycles. The Morgan fingerprint density at radius 2 is 2.08 bits per heavy atom. The fourth-order valence-electron chi connectivity index (χ4n) is 2.48. The van der Waals surface area contributed by atoms with Crippen LogP contribution in [-0.4, -0.2) is 35.6 Å². The lowest BCUT2D eigenvalue weighted by Gasteiger charge is -2.14. The number of aromatic nitrogens is 1. The summed E-state index contributed by atoms with van der Waals surface area (Å²) in [6.45, 7) is 7.14. The van der Waals surface area contributed by atoms with Gasteiger partial charge in [-0.25, -0.2) is 0 Å². The van der Waals surface area contributed by atoms with Gasteiger partial charge in [0, 0.05) is 29.6 Å². The van der Waals surface area contributed by atoms with Crippen molar-refractivity contribution in [1.29, 1.82) is 0 Å². The van der Waals surface area contributed by atoms with E-state index in [0.717, 1.165) is 17.0 Å². The number of ether oxygens (including phenoxy) is 1. The number of benzene rings is 1. The van der Waals surface area contributed by atoms with E-state index < -0.39 is 6.10 Å². The molecule has 2 N–H and O–H groups in total. The number of nitrogens with zero attached hydrogens (tertiary/aromatic N) is 1. The minimum atomic E-state index is -0.517. The van der Waals surface area contributed by atoms with E-state index in [-0.39, 0.29) is 12.0 Å². The van der Waals surface area contributed by atoms with Crippen LogP contribution in [-0.2, 0) is 5.41 Å². The Morgan fingerprint density at radius 3 is 2.77 bits per heavy atom. The molecule has 140 valence electrons. The highest BCUT2D eigenvalue weighted by molar-refractivity contribution is 5.70.